The number of rotatable bonds is 0. The van der Waals surface area contributed by atoms with Crippen LogP contribution in [0.4, 0.5) is 0 Å². The summed E-state index contributed by atoms with van der Waals surface area (Å²) in [6.45, 7) is 2.55. The van der Waals surface area contributed by atoms with Gasteiger partial charge in [0.2, 0.25) is 0 Å². The molecule has 4 rings (SSSR count). The van der Waals surface area contributed by atoms with E-state index in [9.17, 15) is 5.11 Å². The van der Waals surface area contributed by atoms with Crippen molar-refractivity contribution in [3.05, 3.63) is 29.3 Å². The molecule has 4 atom stereocenters. The molecule has 0 saturated heterocycles. The fraction of sp³-hybridized carbons (Fsp3) is 0.667. The van der Waals surface area contributed by atoms with Gasteiger partial charge >= 0.3 is 0 Å². The number of phenolic OH excluding ortho intramolecular Hbond substituents is 1. The van der Waals surface area contributed by atoms with Gasteiger partial charge in [-0.1, -0.05) is 19.4 Å². The fourth-order valence-corrected chi connectivity index (χ4v) is 5.56. The predicted octanol–water partition coefficient (Wildman–Crippen LogP) is 4.64. The van der Waals surface area contributed by atoms with Gasteiger partial charge in [-0.25, -0.2) is 0 Å². The van der Waals surface area contributed by atoms with Gasteiger partial charge in [-0.05, 0) is 85.0 Å². The molecule has 1 N–H and O–H groups in total. The van der Waals surface area contributed by atoms with Crippen molar-refractivity contribution in [2.24, 2.45) is 17.3 Å². The van der Waals surface area contributed by atoms with Crippen LogP contribution >= 0.6 is 0 Å². The molecule has 3 aliphatic carbocycles. The lowest BCUT2D eigenvalue weighted by molar-refractivity contribution is 0.0598. The molecule has 1 unspecified atom stereocenters. The fourth-order valence-electron chi connectivity index (χ4n) is 5.56. The molecule has 2 fully saturated rings. The second-order valence-corrected chi connectivity index (χ2v) is 7.38. The van der Waals surface area contributed by atoms with Gasteiger partial charge in [0.25, 0.3) is 0 Å². The quantitative estimate of drug-likeness (QED) is 0.717. The molecule has 19 heavy (non-hydrogen) atoms. The van der Waals surface area contributed by atoms with Gasteiger partial charge in [0.15, 0.2) is 0 Å². The summed E-state index contributed by atoms with van der Waals surface area (Å²) >= 11 is 0. The summed E-state index contributed by atoms with van der Waals surface area (Å²) in [4.78, 5) is 0. The molecule has 102 valence electrons. The lowest BCUT2D eigenvalue weighted by Crippen LogP contribution is -2.39. The van der Waals surface area contributed by atoms with E-state index >= 15 is 0 Å². The maximum atomic E-state index is 9.68. The topological polar surface area (TPSA) is 20.2 Å². The molecule has 2 saturated carbocycles. The zero-order valence-corrected chi connectivity index (χ0v) is 11.9. The van der Waals surface area contributed by atoms with E-state index in [1.807, 2.05) is 12.1 Å². The molecule has 1 heteroatoms. The Bertz CT molecular complexity index is 506. The van der Waals surface area contributed by atoms with Crippen LogP contribution in [0.5, 0.6) is 5.75 Å². The van der Waals surface area contributed by atoms with E-state index < -0.39 is 0 Å². The third-order valence-electron chi connectivity index (χ3n) is 6.49. The van der Waals surface area contributed by atoms with Crippen molar-refractivity contribution in [3.8, 4) is 5.75 Å². The number of fused-ring (bicyclic) bond motifs is 5. The molecule has 0 aliphatic heterocycles. The van der Waals surface area contributed by atoms with Crippen LogP contribution in [0.1, 0.15) is 62.5 Å². The Hall–Kier alpha value is -0.980. The van der Waals surface area contributed by atoms with Crippen molar-refractivity contribution in [2.75, 3.05) is 0 Å². The highest BCUT2D eigenvalue weighted by molar-refractivity contribution is 5.40. The molecule has 3 aliphatic rings. The van der Waals surface area contributed by atoms with Crippen LogP contribution in [-0.4, -0.2) is 5.11 Å². The highest BCUT2D eigenvalue weighted by Gasteiger charge is 2.50. The van der Waals surface area contributed by atoms with Crippen molar-refractivity contribution >= 4 is 0 Å². The summed E-state index contributed by atoms with van der Waals surface area (Å²) in [5, 5.41) is 9.68. The summed E-state index contributed by atoms with van der Waals surface area (Å²) in [7, 11) is 0. The van der Waals surface area contributed by atoms with E-state index in [0.717, 1.165) is 17.8 Å². The van der Waals surface area contributed by atoms with Crippen LogP contribution < -0.4 is 0 Å². The van der Waals surface area contributed by atoms with Gasteiger partial charge < -0.3 is 5.11 Å². The average Bonchev–Trinajstić information content (AvgIpc) is 2.79. The SMILES string of the molecule is C[C@]12CCC[C@@H]1[C@H]1CCc3cc(O)ccc3C1CC2. The van der Waals surface area contributed by atoms with Crippen molar-refractivity contribution < 1.29 is 5.11 Å². The van der Waals surface area contributed by atoms with Crippen molar-refractivity contribution in [1.29, 1.82) is 0 Å². The molecule has 0 radical (unpaired) electrons. The molecule has 1 nitrogen and oxygen atoms in total. The Balaban J connectivity index is 1.72. The molecule has 0 bridgehead atoms. The summed E-state index contributed by atoms with van der Waals surface area (Å²) in [5.41, 5.74) is 3.63. The Kier molecular flexibility index (Phi) is 2.49. The molecular formula is C18H24O. The van der Waals surface area contributed by atoms with E-state index in [2.05, 4.69) is 13.0 Å². The van der Waals surface area contributed by atoms with Crippen molar-refractivity contribution in [2.45, 2.75) is 57.8 Å². The minimum absolute atomic E-state index is 0.443. The Morgan fingerprint density at radius 1 is 1.16 bits per heavy atom. The largest absolute Gasteiger partial charge is 0.508 e. The van der Waals surface area contributed by atoms with E-state index in [0.29, 0.717) is 11.2 Å². The molecular weight excluding hydrogens is 232 g/mol. The van der Waals surface area contributed by atoms with Gasteiger partial charge in [0, 0.05) is 0 Å². The Morgan fingerprint density at radius 2 is 2.05 bits per heavy atom. The van der Waals surface area contributed by atoms with Gasteiger partial charge in [0.1, 0.15) is 5.75 Å². The van der Waals surface area contributed by atoms with Gasteiger partial charge in [-0.15, -0.1) is 0 Å². The standard InChI is InChI=1S/C18H24O/c1-18-9-2-3-17(18)16-6-4-12-11-13(19)5-7-14(12)15(16)8-10-18/h5,7,11,15-17,19H,2-4,6,8-10H2,1H3/t15?,16-,17+,18+/m0/s1. The third-order valence-corrected chi connectivity index (χ3v) is 6.49. The highest BCUT2D eigenvalue weighted by Crippen LogP contribution is 2.60. The van der Waals surface area contributed by atoms with Crippen LogP contribution in [0.25, 0.3) is 0 Å². The minimum atomic E-state index is 0.443. The molecule has 0 heterocycles. The predicted molar refractivity (Wildman–Crippen MR) is 77.3 cm³/mol. The number of phenols is 1. The second kappa shape index (κ2) is 4.01. The van der Waals surface area contributed by atoms with E-state index in [-0.39, 0.29) is 0 Å². The van der Waals surface area contributed by atoms with Gasteiger partial charge in [-0.3, -0.25) is 0 Å². The van der Waals surface area contributed by atoms with Crippen LogP contribution in [0.2, 0.25) is 0 Å². The summed E-state index contributed by atoms with van der Waals surface area (Å²) in [6, 6.07) is 6.11. The first kappa shape index (κ1) is 11.8. The first-order valence-corrected chi connectivity index (χ1v) is 7.99. The maximum Gasteiger partial charge on any atom is 0.115 e. The lowest BCUT2D eigenvalue weighted by atomic mass is 9.56. The van der Waals surface area contributed by atoms with Crippen molar-refractivity contribution in [1.82, 2.24) is 0 Å². The second-order valence-electron chi connectivity index (χ2n) is 7.38. The van der Waals surface area contributed by atoms with Gasteiger partial charge in [0.05, 0.1) is 0 Å². The summed E-state index contributed by atoms with van der Waals surface area (Å²) < 4.78 is 0. The first-order chi connectivity index (χ1) is 9.17. The van der Waals surface area contributed by atoms with E-state index in [1.54, 1.807) is 5.56 Å². The third kappa shape index (κ3) is 1.67. The maximum absolute atomic E-state index is 9.68. The van der Waals surface area contributed by atoms with Crippen LogP contribution in [0.15, 0.2) is 18.2 Å². The number of aryl methyl sites for hydroxylation is 1. The van der Waals surface area contributed by atoms with Crippen LogP contribution in [-0.2, 0) is 6.42 Å². The monoisotopic (exact) mass is 256 g/mol. The Labute approximate surface area is 116 Å². The molecule has 0 amide bonds. The number of hydrogen-bond donors (Lipinski definition) is 1. The van der Waals surface area contributed by atoms with E-state index in [1.165, 1.54) is 50.5 Å². The normalized spacial score (nSPS) is 40.4. The zero-order chi connectivity index (χ0) is 13.0. The summed E-state index contributed by atoms with van der Waals surface area (Å²) in [6.07, 6.45) is 9.69. The van der Waals surface area contributed by atoms with E-state index in [4.69, 9.17) is 0 Å². The Morgan fingerprint density at radius 3 is 2.95 bits per heavy atom. The van der Waals surface area contributed by atoms with Crippen LogP contribution in [0, 0.1) is 17.3 Å². The van der Waals surface area contributed by atoms with Crippen molar-refractivity contribution in [3.63, 3.8) is 0 Å². The smallest absolute Gasteiger partial charge is 0.115 e. The number of hydrogen-bond acceptors (Lipinski definition) is 1. The molecule has 0 spiro atoms. The number of aromatic hydroxyl groups is 1. The zero-order valence-electron chi connectivity index (χ0n) is 11.9. The number of benzene rings is 1. The first-order valence-electron chi connectivity index (χ1n) is 7.99. The van der Waals surface area contributed by atoms with Crippen LogP contribution in [0.3, 0.4) is 0 Å². The molecule has 1 aromatic carbocycles. The molecule has 1 aromatic rings. The highest BCUT2D eigenvalue weighted by atomic mass is 16.3. The molecule has 0 aromatic heterocycles. The van der Waals surface area contributed by atoms with Gasteiger partial charge in [-0.2, -0.15) is 0 Å². The average molecular weight is 256 g/mol. The minimum Gasteiger partial charge on any atom is -0.508 e. The summed E-state index contributed by atoms with van der Waals surface area (Å²) in [5.74, 6) is 3.10. The lowest BCUT2D eigenvalue weighted by Gasteiger charge is -2.49.